The summed E-state index contributed by atoms with van der Waals surface area (Å²) in [6, 6.07) is 12.8. The van der Waals surface area contributed by atoms with Gasteiger partial charge >= 0.3 is 0 Å². The molecular weight excluding hydrogens is 362 g/mol. The zero-order chi connectivity index (χ0) is 14.9. The van der Waals surface area contributed by atoms with Crippen LogP contribution in [0.2, 0.25) is 0 Å². The third kappa shape index (κ3) is 2.60. The van der Waals surface area contributed by atoms with Crippen LogP contribution >= 0.6 is 27.3 Å². The SMILES string of the molecule is Brc1cccc(C2c3nnnn3CCN2Cc2cccs2)c1. The van der Waals surface area contributed by atoms with Crippen molar-refractivity contribution < 1.29 is 0 Å². The van der Waals surface area contributed by atoms with Crippen molar-refractivity contribution in [1.29, 1.82) is 0 Å². The Kier molecular flexibility index (Phi) is 3.77. The zero-order valence-electron chi connectivity index (χ0n) is 11.8. The summed E-state index contributed by atoms with van der Waals surface area (Å²) < 4.78 is 2.99. The van der Waals surface area contributed by atoms with E-state index in [0.717, 1.165) is 29.9 Å². The number of aromatic nitrogens is 4. The highest BCUT2D eigenvalue weighted by molar-refractivity contribution is 9.10. The largest absolute Gasteiger partial charge is 0.283 e. The van der Waals surface area contributed by atoms with E-state index in [4.69, 9.17) is 0 Å². The summed E-state index contributed by atoms with van der Waals surface area (Å²) in [6.45, 7) is 2.69. The summed E-state index contributed by atoms with van der Waals surface area (Å²) >= 11 is 5.36. The number of halogens is 1. The van der Waals surface area contributed by atoms with Crippen LogP contribution in [0.25, 0.3) is 0 Å². The minimum atomic E-state index is 0.0864. The molecule has 0 fully saturated rings. The summed E-state index contributed by atoms with van der Waals surface area (Å²) in [5.41, 5.74) is 1.21. The molecule has 0 saturated carbocycles. The van der Waals surface area contributed by atoms with E-state index in [2.05, 4.69) is 72.1 Å². The molecule has 22 heavy (non-hydrogen) atoms. The van der Waals surface area contributed by atoms with Gasteiger partial charge in [-0.15, -0.1) is 16.4 Å². The van der Waals surface area contributed by atoms with Gasteiger partial charge in [-0.2, -0.15) is 0 Å². The minimum absolute atomic E-state index is 0.0864. The van der Waals surface area contributed by atoms with Crippen molar-refractivity contribution in [3.8, 4) is 0 Å². The summed E-state index contributed by atoms with van der Waals surface area (Å²) in [7, 11) is 0. The third-order valence-corrected chi connectivity index (χ3v) is 5.23. The maximum atomic E-state index is 4.27. The van der Waals surface area contributed by atoms with Gasteiger partial charge in [0.25, 0.3) is 0 Å². The van der Waals surface area contributed by atoms with E-state index in [-0.39, 0.29) is 6.04 Å². The van der Waals surface area contributed by atoms with Crippen LogP contribution in [0.4, 0.5) is 0 Å². The van der Waals surface area contributed by atoms with Crippen molar-refractivity contribution in [3.63, 3.8) is 0 Å². The molecule has 0 spiro atoms. The second kappa shape index (κ2) is 5.91. The normalized spacial score (nSPS) is 18.3. The molecule has 1 aliphatic heterocycles. The molecule has 4 rings (SSSR count). The predicted octanol–water partition coefficient (Wildman–Crippen LogP) is 3.10. The van der Waals surface area contributed by atoms with Gasteiger partial charge < -0.3 is 0 Å². The Labute approximate surface area is 140 Å². The summed E-state index contributed by atoms with van der Waals surface area (Å²) in [6.07, 6.45) is 0. The van der Waals surface area contributed by atoms with Crippen LogP contribution in [-0.4, -0.2) is 31.7 Å². The molecule has 1 atom stereocenters. The molecule has 0 aliphatic carbocycles. The van der Waals surface area contributed by atoms with Crippen LogP contribution in [-0.2, 0) is 13.1 Å². The number of rotatable bonds is 3. The maximum Gasteiger partial charge on any atom is 0.173 e. The zero-order valence-corrected chi connectivity index (χ0v) is 14.2. The van der Waals surface area contributed by atoms with Crippen molar-refractivity contribution in [1.82, 2.24) is 25.1 Å². The lowest BCUT2D eigenvalue weighted by atomic mass is 10.0. The number of hydrogen-bond acceptors (Lipinski definition) is 5. The van der Waals surface area contributed by atoms with Gasteiger partial charge in [0, 0.05) is 22.4 Å². The molecule has 0 N–H and O–H groups in total. The molecule has 112 valence electrons. The lowest BCUT2D eigenvalue weighted by Crippen LogP contribution is -2.38. The van der Waals surface area contributed by atoms with Gasteiger partial charge in [0.2, 0.25) is 0 Å². The second-order valence-electron chi connectivity index (χ2n) is 5.27. The van der Waals surface area contributed by atoms with E-state index >= 15 is 0 Å². The fraction of sp³-hybridized carbons (Fsp3) is 0.267. The van der Waals surface area contributed by atoms with E-state index < -0.39 is 0 Å². The Morgan fingerprint density at radius 1 is 1.23 bits per heavy atom. The van der Waals surface area contributed by atoms with Gasteiger partial charge in [-0.05, 0) is 39.6 Å². The molecule has 5 nitrogen and oxygen atoms in total. The number of thiophene rings is 1. The van der Waals surface area contributed by atoms with E-state index in [1.807, 2.05) is 10.7 Å². The summed E-state index contributed by atoms with van der Waals surface area (Å²) in [5.74, 6) is 0.918. The highest BCUT2D eigenvalue weighted by atomic mass is 79.9. The highest BCUT2D eigenvalue weighted by Gasteiger charge is 2.32. The number of benzene rings is 1. The van der Waals surface area contributed by atoms with Crippen LogP contribution in [0.15, 0.2) is 46.3 Å². The smallest absolute Gasteiger partial charge is 0.173 e. The van der Waals surface area contributed by atoms with Crippen molar-refractivity contribution in [2.24, 2.45) is 0 Å². The first kappa shape index (κ1) is 14.0. The van der Waals surface area contributed by atoms with Crippen molar-refractivity contribution >= 4 is 27.3 Å². The van der Waals surface area contributed by atoms with Crippen LogP contribution in [0.5, 0.6) is 0 Å². The lowest BCUT2D eigenvalue weighted by molar-refractivity contribution is 0.165. The number of nitrogens with zero attached hydrogens (tertiary/aromatic N) is 5. The molecule has 0 saturated heterocycles. The van der Waals surface area contributed by atoms with Crippen molar-refractivity contribution in [2.75, 3.05) is 6.54 Å². The first-order valence-electron chi connectivity index (χ1n) is 7.09. The first-order chi connectivity index (χ1) is 10.8. The standard InChI is InChI=1S/C15H14BrN5S/c16-12-4-1-3-11(9-12)14-15-17-18-19-21(15)7-6-20(14)10-13-5-2-8-22-13/h1-5,8-9,14H,6-7,10H2. The maximum absolute atomic E-state index is 4.27. The Morgan fingerprint density at radius 3 is 3.00 bits per heavy atom. The molecule has 1 aromatic carbocycles. The van der Waals surface area contributed by atoms with Crippen LogP contribution in [0.3, 0.4) is 0 Å². The number of hydrogen-bond donors (Lipinski definition) is 0. The van der Waals surface area contributed by atoms with Gasteiger partial charge in [0.1, 0.15) is 0 Å². The van der Waals surface area contributed by atoms with Gasteiger partial charge in [-0.25, -0.2) is 4.68 Å². The molecule has 1 unspecified atom stereocenters. The Morgan fingerprint density at radius 2 is 2.18 bits per heavy atom. The monoisotopic (exact) mass is 375 g/mol. The van der Waals surface area contributed by atoms with E-state index in [1.54, 1.807) is 11.3 Å². The second-order valence-corrected chi connectivity index (χ2v) is 7.22. The van der Waals surface area contributed by atoms with Gasteiger partial charge in [-0.3, -0.25) is 4.90 Å². The highest BCUT2D eigenvalue weighted by Crippen LogP contribution is 2.32. The van der Waals surface area contributed by atoms with Gasteiger partial charge in [0.15, 0.2) is 5.82 Å². The quantitative estimate of drug-likeness (QED) is 0.705. The molecule has 3 heterocycles. The van der Waals surface area contributed by atoms with Gasteiger partial charge in [0.05, 0.1) is 12.6 Å². The van der Waals surface area contributed by atoms with Crippen LogP contribution in [0.1, 0.15) is 22.3 Å². The predicted molar refractivity (Wildman–Crippen MR) is 88.5 cm³/mol. The molecule has 0 radical (unpaired) electrons. The van der Waals surface area contributed by atoms with E-state index in [1.165, 1.54) is 10.4 Å². The number of fused-ring (bicyclic) bond motifs is 1. The van der Waals surface area contributed by atoms with E-state index in [9.17, 15) is 0 Å². The fourth-order valence-electron chi connectivity index (χ4n) is 2.89. The van der Waals surface area contributed by atoms with Gasteiger partial charge in [-0.1, -0.05) is 34.1 Å². The molecule has 7 heteroatoms. The Hall–Kier alpha value is -1.57. The Balaban J connectivity index is 1.74. The first-order valence-corrected chi connectivity index (χ1v) is 8.76. The minimum Gasteiger partial charge on any atom is -0.283 e. The topological polar surface area (TPSA) is 46.8 Å². The van der Waals surface area contributed by atoms with Crippen LogP contribution in [0, 0.1) is 0 Å². The molecule has 0 bridgehead atoms. The fourth-order valence-corrected chi connectivity index (χ4v) is 4.04. The average molecular weight is 376 g/mol. The lowest BCUT2D eigenvalue weighted by Gasteiger charge is -2.34. The van der Waals surface area contributed by atoms with Crippen molar-refractivity contribution in [2.45, 2.75) is 19.1 Å². The van der Waals surface area contributed by atoms with E-state index in [0.29, 0.717) is 0 Å². The number of tetrazole rings is 1. The summed E-state index contributed by atoms with van der Waals surface area (Å²) in [5, 5.41) is 14.4. The Bertz CT molecular complexity index is 770. The van der Waals surface area contributed by atoms with Crippen molar-refractivity contribution in [3.05, 3.63) is 62.5 Å². The molecule has 1 aliphatic rings. The molecule has 2 aromatic heterocycles. The molecule has 3 aromatic rings. The third-order valence-electron chi connectivity index (χ3n) is 3.87. The molecular formula is C15H14BrN5S. The average Bonchev–Trinajstić information content (AvgIpc) is 3.18. The molecule has 0 amide bonds. The summed E-state index contributed by atoms with van der Waals surface area (Å²) in [4.78, 5) is 3.81. The van der Waals surface area contributed by atoms with Crippen LogP contribution < -0.4 is 0 Å².